The van der Waals surface area contributed by atoms with Crippen molar-refractivity contribution < 1.29 is 4.79 Å². The third kappa shape index (κ3) is 1.60. The van der Waals surface area contributed by atoms with Crippen molar-refractivity contribution in [2.45, 2.75) is 6.42 Å². The van der Waals surface area contributed by atoms with Crippen LogP contribution in [0.2, 0.25) is 4.34 Å². The Morgan fingerprint density at radius 1 is 1.59 bits per heavy atom. The van der Waals surface area contributed by atoms with Gasteiger partial charge in [-0.2, -0.15) is 9.78 Å². The van der Waals surface area contributed by atoms with E-state index in [4.69, 9.17) is 17.3 Å². The summed E-state index contributed by atoms with van der Waals surface area (Å²) in [6.45, 7) is 0.798. The number of hydrogen-bond donors (Lipinski definition) is 2. The van der Waals surface area contributed by atoms with Crippen molar-refractivity contribution in [3.63, 3.8) is 0 Å². The number of thiophene rings is 1. The van der Waals surface area contributed by atoms with Gasteiger partial charge in [0.15, 0.2) is 0 Å². The number of halogens is 1. The van der Waals surface area contributed by atoms with Crippen LogP contribution in [0.5, 0.6) is 0 Å². The Bertz CT molecular complexity index is 603. The predicted molar refractivity (Wildman–Crippen MR) is 67.7 cm³/mol. The first-order valence-corrected chi connectivity index (χ1v) is 6.27. The smallest absolute Gasteiger partial charge is 0.341 e. The lowest BCUT2D eigenvalue weighted by molar-refractivity contribution is 0.248. The molecule has 0 saturated heterocycles. The average Bonchev–Trinajstić information content (AvgIpc) is 2.90. The largest absolute Gasteiger partial charge is 0.369 e. The van der Waals surface area contributed by atoms with Crippen LogP contribution in [-0.4, -0.2) is 22.4 Å². The lowest BCUT2D eigenvalue weighted by Crippen LogP contribution is -2.22. The fraction of sp³-hybridized carbons (Fsp3) is 0.200. The summed E-state index contributed by atoms with van der Waals surface area (Å²) >= 11 is 7.35. The number of amides is 1. The van der Waals surface area contributed by atoms with Crippen molar-refractivity contribution in [2.24, 2.45) is 5.73 Å². The molecule has 0 radical (unpaired) electrons. The summed E-state index contributed by atoms with van der Waals surface area (Å²) in [6.07, 6.45) is 0.841. The number of fused-ring (bicyclic) bond motifs is 1. The second-order valence-corrected chi connectivity index (χ2v) is 5.42. The Hall–Kier alpha value is -1.53. The molecule has 5 nitrogen and oxygen atoms in total. The summed E-state index contributed by atoms with van der Waals surface area (Å²) in [5, 5.41) is 7.36. The summed E-state index contributed by atoms with van der Waals surface area (Å²) in [5.74, 6) is 0.706. The van der Waals surface area contributed by atoms with Gasteiger partial charge in [0.2, 0.25) is 0 Å². The molecule has 2 aromatic heterocycles. The molecule has 3 N–H and O–H groups in total. The average molecular weight is 269 g/mol. The number of carbonyl (C=O) groups is 1. The minimum atomic E-state index is -0.579. The van der Waals surface area contributed by atoms with Crippen LogP contribution in [0.3, 0.4) is 0 Å². The van der Waals surface area contributed by atoms with Gasteiger partial charge in [0.1, 0.15) is 11.5 Å². The molecule has 3 heterocycles. The summed E-state index contributed by atoms with van der Waals surface area (Å²) in [7, 11) is 0. The number of hydrogen-bond acceptors (Lipinski definition) is 4. The van der Waals surface area contributed by atoms with Gasteiger partial charge in [0.05, 0.1) is 9.21 Å². The van der Waals surface area contributed by atoms with Gasteiger partial charge in [0, 0.05) is 12.1 Å². The Morgan fingerprint density at radius 3 is 3.06 bits per heavy atom. The number of nitrogens with one attached hydrogen (secondary N) is 1. The molecule has 7 heteroatoms. The van der Waals surface area contributed by atoms with Crippen molar-refractivity contribution in [1.29, 1.82) is 0 Å². The molecule has 0 spiro atoms. The highest BCUT2D eigenvalue weighted by Gasteiger charge is 2.25. The van der Waals surface area contributed by atoms with E-state index >= 15 is 0 Å². The van der Waals surface area contributed by atoms with Crippen LogP contribution in [0.25, 0.3) is 10.6 Å². The first kappa shape index (κ1) is 10.6. The second kappa shape index (κ2) is 3.75. The van der Waals surface area contributed by atoms with Crippen LogP contribution in [0.1, 0.15) is 5.56 Å². The third-order valence-corrected chi connectivity index (χ3v) is 3.90. The zero-order valence-electron chi connectivity index (χ0n) is 8.74. The van der Waals surface area contributed by atoms with E-state index in [2.05, 4.69) is 10.4 Å². The molecule has 0 fully saturated rings. The number of nitrogens with zero attached hydrogens (tertiary/aromatic N) is 2. The SMILES string of the molecule is NC(=O)n1nc(-c2ccc(Cl)s2)c2c1NCC2. The molecule has 0 aromatic carbocycles. The van der Waals surface area contributed by atoms with Crippen molar-refractivity contribution in [2.75, 3.05) is 11.9 Å². The van der Waals surface area contributed by atoms with E-state index in [-0.39, 0.29) is 0 Å². The molecule has 88 valence electrons. The van der Waals surface area contributed by atoms with E-state index in [1.54, 1.807) is 0 Å². The Balaban J connectivity index is 2.18. The van der Waals surface area contributed by atoms with E-state index in [9.17, 15) is 4.79 Å². The van der Waals surface area contributed by atoms with E-state index < -0.39 is 6.03 Å². The van der Waals surface area contributed by atoms with Crippen LogP contribution < -0.4 is 11.1 Å². The predicted octanol–water partition coefficient (Wildman–Crippen LogP) is 2.16. The topological polar surface area (TPSA) is 72.9 Å². The maximum absolute atomic E-state index is 11.3. The summed E-state index contributed by atoms with van der Waals surface area (Å²) in [5.41, 5.74) is 7.10. The molecular weight excluding hydrogens is 260 g/mol. The van der Waals surface area contributed by atoms with Gasteiger partial charge >= 0.3 is 6.03 Å². The van der Waals surface area contributed by atoms with Crippen molar-refractivity contribution in [1.82, 2.24) is 9.78 Å². The van der Waals surface area contributed by atoms with Crippen LogP contribution in [0.15, 0.2) is 12.1 Å². The molecule has 0 unspecified atom stereocenters. The molecule has 2 aromatic rings. The highest BCUT2D eigenvalue weighted by Crippen LogP contribution is 2.37. The summed E-state index contributed by atoms with van der Waals surface area (Å²) in [4.78, 5) is 12.2. The second-order valence-electron chi connectivity index (χ2n) is 3.71. The normalized spacial score (nSPS) is 13.5. The lowest BCUT2D eigenvalue weighted by Gasteiger charge is -1.99. The fourth-order valence-corrected chi connectivity index (χ4v) is 3.03. The third-order valence-electron chi connectivity index (χ3n) is 2.67. The van der Waals surface area contributed by atoms with Crippen molar-refractivity contribution >= 4 is 34.8 Å². The van der Waals surface area contributed by atoms with Gasteiger partial charge in [-0.3, -0.25) is 0 Å². The van der Waals surface area contributed by atoms with Crippen LogP contribution in [0.4, 0.5) is 10.6 Å². The zero-order chi connectivity index (χ0) is 12.0. The van der Waals surface area contributed by atoms with Gasteiger partial charge in [-0.15, -0.1) is 11.3 Å². The molecule has 1 amide bonds. The highest BCUT2D eigenvalue weighted by molar-refractivity contribution is 7.19. The van der Waals surface area contributed by atoms with E-state index in [0.29, 0.717) is 10.2 Å². The van der Waals surface area contributed by atoms with E-state index in [1.807, 2.05) is 12.1 Å². The Kier molecular flexibility index (Phi) is 2.34. The van der Waals surface area contributed by atoms with Crippen molar-refractivity contribution in [3.8, 4) is 10.6 Å². The Morgan fingerprint density at radius 2 is 2.41 bits per heavy atom. The minimum absolute atomic E-state index is 0.579. The number of rotatable bonds is 1. The van der Waals surface area contributed by atoms with Crippen LogP contribution >= 0.6 is 22.9 Å². The molecular formula is C10H9ClN4OS. The molecule has 0 bridgehead atoms. The van der Waals surface area contributed by atoms with Gasteiger partial charge in [0.25, 0.3) is 0 Å². The highest BCUT2D eigenvalue weighted by atomic mass is 35.5. The number of carbonyl (C=O) groups excluding carboxylic acids is 1. The fourth-order valence-electron chi connectivity index (χ4n) is 1.97. The molecule has 17 heavy (non-hydrogen) atoms. The minimum Gasteiger partial charge on any atom is -0.369 e. The van der Waals surface area contributed by atoms with Crippen LogP contribution in [0, 0.1) is 0 Å². The number of anilines is 1. The van der Waals surface area contributed by atoms with Gasteiger partial charge in [-0.25, -0.2) is 4.79 Å². The van der Waals surface area contributed by atoms with Gasteiger partial charge in [-0.05, 0) is 18.6 Å². The molecule has 0 aliphatic carbocycles. The zero-order valence-corrected chi connectivity index (χ0v) is 10.3. The number of nitrogens with two attached hydrogens (primary N) is 1. The summed E-state index contributed by atoms with van der Waals surface area (Å²) in [6, 6.07) is 3.14. The van der Waals surface area contributed by atoms with Gasteiger partial charge in [-0.1, -0.05) is 11.6 Å². The number of aromatic nitrogens is 2. The first-order chi connectivity index (χ1) is 8.16. The summed E-state index contributed by atoms with van der Waals surface area (Å²) < 4.78 is 1.92. The molecule has 3 rings (SSSR count). The van der Waals surface area contributed by atoms with Crippen LogP contribution in [-0.2, 0) is 6.42 Å². The maximum Gasteiger partial charge on any atom is 0.341 e. The van der Waals surface area contributed by atoms with Gasteiger partial charge < -0.3 is 11.1 Å². The quantitative estimate of drug-likeness (QED) is 0.832. The Labute approximate surface area is 106 Å². The monoisotopic (exact) mass is 268 g/mol. The van der Waals surface area contributed by atoms with E-state index in [0.717, 1.165) is 29.1 Å². The molecule has 1 aliphatic rings. The van der Waals surface area contributed by atoms with Crippen molar-refractivity contribution in [3.05, 3.63) is 22.0 Å². The number of primary amides is 1. The standard InChI is InChI=1S/C10H9ClN4OS/c11-7-2-1-6(17-7)8-5-3-4-13-9(5)15(14-8)10(12)16/h1-2,13H,3-4H2,(H2,12,16). The molecule has 0 saturated carbocycles. The maximum atomic E-state index is 11.3. The van der Waals surface area contributed by atoms with E-state index in [1.165, 1.54) is 16.0 Å². The lowest BCUT2D eigenvalue weighted by atomic mass is 10.2. The molecule has 0 atom stereocenters. The molecule has 1 aliphatic heterocycles. The first-order valence-electron chi connectivity index (χ1n) is 5.08.